The van der Waals surface area contributed by atoms with Gasteiger partial charge in [-0.3, -0.25) is 4.79 Å². The van der Waals surface area contributed by atoms with Gasteiger partial charge in [0.05, 0.1) is 18.4 Å². The van der Waals surface area contributed by atoms with Crippen LogP contribution >= 0.6 is 0 Å². The minimum Gasteiger partial charge on any atom is -0.311 e. The van der Waals surface area contributed by atoms with Crippen molar-refractivity contribution in [3.8, 4) is 0 Å². The van der Waals surface area contributed by atoms with Crippen molar-refractivity contribution < 1.29 is 4.79 Å². The van der Waals surface area contributed by atoms with E-state index in [0.29, 0.717) is 12.5 Å². The lowest BCUT2D eigenvalue weighted by Crippen LogP contribution is -2.26. The number of aryl methyl sites for hydroxylation is 2. The topological polar surface area (TPSA) is 77.1 Å². The molecule has 7 heteroatoms. The van der Waals surface area contributed by atoms with Gasteiger partial charge in [0.2, 0.25) is 5.91 Å². The predicted molar refractivity (Wildman–Crippen MR) is 102 cm³/mol. The molecule has 140 valence electrons. The second kappa shape index (κ2) is 6.18. The Bertz CT molecular complexity index is 1030. The van der Waals surface area contributed by atoms with E-state index in [4.69, 9.17) is 4.98 Å². The van der Waals surface area contributed by atoms with Gasteiger partial charge in [0, 0.05) is 34.9 Å². The highest BCUT2D eigenvalue weighted by Gasteiger charge is 2.34. The zero-order valence-corrected chi connectivity index (χ0v) is 15.8. The molecule has 1 aliphatic carbocycles. The normalized spacial score (nSPS) is 20.7. The van der Waals surface area contributed by atoms with Gasteiger partial charge in [0.1, 0.15) is 5.82 Å². The summed E-state index contributed by atoms with van der Waals surface area (Å²) < 4.78 is 3.91. The third kappa shape index (κ3) is 2.64. The number of nitrogens with zero attached hydrogens (tertiary/aromatic N) is 5. The van der Waals surface area contributed by atoms with E-state index in [1.807, 2.05) is 41.5 Å². The molecule has 0 spiro atoms. The lowest BCUT2D eigenvalue weighted by molar-refractivity contribution is -0.116. The average Bonchev–Trinajstić information content (AvgIpc) is 3.26. The lowest BCUT2D eigenvalue weighted by atomic mass is 9.88. The minimum atomic E-state index is -0.0581. The van der Waals surface area contributed by atoms with Crippen LogP contribution in [0.25, 0.3) is 5.65 Å². The van der Waals surface area contributed by atoms with E-state index < -0.39 is 0 Å². The van der Waals surface area contributed by atoms with Crippen LogP contribution in [0.1, 0.15) is 73.0 Å². The fourth-order valence-corrected chi connectivity index (χ4v) is 4.65. The van der Waals surface area contributed by atoms with Gasteiger partial charge >= 0.3 is 0 Å². The first-order chi connectivity index (χ1) is 13.1. The first-order valence-electron chi connectivity index (χ1n) is 9.81. The summed E-state index contributed by atoms with van der Waals surface area (Å²) in [6.45, 7) is 4.02. The van der Waals surface area contributed by atoms with Crippen molar-refractivity contribution in [2.45, 2.75) is 64.3 Å². The number of carbonyl (C=O) groups excluding carboxylic acids is 1. The van der Waals surface area contributed by atoms with Gasteiger partial charge in [-0.15, -0.1) is 0 Å². The van der Waals surface area contributed by atoms with Crippen molar-refractivity contribution in [2.75, 3.05) is 5.32 Å². The van der Waals surface area contributed by atoms with E-state index in [-0.39, 0.29) is 11.8 Å². The molecule has 0 radical (unpaired) electrons. The number of fused-ring (bicyclic) bond motifs is 2. The van der Waals surface area contributed by atoms with Crippen molar-refractivity contribution >= 4 is 17.4 Å². The molecule has 1 atom stereocenters. The van der Waals surface area contributed by atoms with Gasteiger partial charge in [-0.2, -0.15) is 10.2 Å². The molecule has 3 aromatic heterocycles. The Labute approximate surface area is 157 Å². The standard InChI is InChI=1S/C20H24N6O/c1-12-8-13(2)25-19(23-12)16(10-21-25)15-9-18(27)24-20-17(15)11-22-26(20)14-6-4-3-5-7-14/h8,10-11,14-15H,3-7,9H2,1-2H3,(H,24,27)/t15-/m1/s1. The van der Waals surface area contributed by atoms with Crippen LogP contribution in [0.15, 0.2) is 18.5 Å². The number of amides is 1. The lowest BCUT2D eigenvalue weighted by Gasteiger charge is -2.27. The van der Waals surface area contributed by atoms with Gasteiger partial charge < -0.3 is 5.32 Å². The van der Waals surface area contributed by atoms with Crippen LogP contribution in [-0.4, -0.2) is 30.3 Å². The highest BCUT2D eigenvalue weighted by atomic mass is 16.1. The number of carbonyl (C=O) groups is 1. The molecule has 1 fully saturated rings. The van der Waals surface area contributed by atoms with Crippen LogP contribution in [-0.2, 0) is 4.79 Å². The molecule has 1 N–H and O–H groups in total. The molecule has 5 rings (SSSR count). The van der Waals surface area contributed by atoms with Crippen molar-refractivity contribution in [3.63, 3.8) is 0 Å². The molecule has 0 aromatic carbocycles. The third-order valence-corrected chi connectivity index (χ3v) is 5.95. The third-order valence-electron chi connectivity index (χ3n) is 5.95. The van der Waals surface area contributed by atoms with E-state index in [0.717, 1.165) is 46.8 Å². The molecule has 1 aliphatic heterocycles. The van der Waals surface area contributed by atoms with Gasteiger partial charge in [-0.05, 0) is 32.8 Å². The smallest absolute Gasteiger partial charge is 0.226 e. The zero-order valence-electron chi connectivity index (χ0n) is 15.8. The summed E-state index contributed by atoms with van der Waals surface area (Å²) in [5.74, 6) is 0.845. The Morgan fingerprint density at radius 1 is 1.07 bits per heavy atom. The Kier molecular flexibility index (Phi) is 3.77. The van der Waals surface area contributed by atoms with Gasteiger partial charge in [0.25, 0.3) is 0 Å². The summed E-state index contributed by atoms with van der Waals surface area (Å²) in [4.78, 5) is 17.2. The summed E-state index contributed by atoms with van der Waals surface area (Å²) in [6.07, 6.45) is 10.2. The van der Waals surface area contributed by atoms with Crippen molar-refractivity contribution in [1.82, 2.24) is 24.4 Å². The van der Waals surface area contributed by atoms with E-state index in [9.17, 15) is 4.79 Å². The second-order valence-corrected chi connectivity index (χ2v) is 7.86. The van der Waals surface area contributed by atoms with Crippen molar-refractivity contribution in [2.24, 2.45) is 0 Å². The fourth-order valence-electron chi connectivity index (χ4n) is 4.65. The molecule has 0 unspecified atom stereocenters. The first-order valence-corrected chi connectivity index (χ1v) is 9.81. The average molecular weight is 364 g/mol. The Hall–Kier alpha value is -2.70. The van der Waals surface area contributed by atoms with Crippen LogP contribution in [0.3, 0.4) is 0 Å². The van der Waals surface area contributed by atoms with Crippen LogP contribution < -0.4 is 5.32 Å². The Morgan fingerprint density at radius 3 is 2.67 bits per heavy atom. The maximum absolute atomic E-state index is 12.5. The van der Waals surface area contributed by atoms with Crippen LogP contribution in [0.5, 0.6) is 0 Å². The number of nitrogens with one attached hydrogen (secondary N) is 1. The summed E-state index contributed by atoms with van der Waals surface area (Å²) >= 11 is 0. The second-order valence-electron chi connectivity index (χ2n) is 7.86. The van der Waals surface area contributed by atoms with Gasteiger partial charge in [-0.1, -0.05) is 19.3 Å². The summed E-state index contributed by atoms with van der Waals surface area (Å²) in [6, 6.07) is 2.40. The number of rotatable bonds is 2. The molecule has 27 heavy (non-hydrogen) atoms. The molecule has 4 heterocycles. The molecule has 1 saturated carbocycles. The van der Waals surface area contributed by atoms with Crippen molar-refractivity contribution in [1.29, 1.82) is 0 Å². The first kappa shape index (κ1) is 16.5. The maximum Gasteiger partial charge on any atom is 0.226 e. The molecule has 2 aliphatic rings. The molecule has 1 amide bonds. The van der Waals surface area contributed by atoms with Crippen LogP contribution in [0.4, 0.5) is 5.82 Å². The number of hydrogen-bond donors (Lipinski definition) is 1. The van der Waals surface area contributed by atoms with E-state index in [1.165, 1.54) is 19.3 Å². The van der Waals surface area contributed by atoms with Gasteiger partial charge in [0.15, 0.2) is 5.65 Å². The Balaban J connectivity index is 1.62. The minimum absolute atomic E-state index is 0.0359. The molecule has 7 nitrogen and oxygen atoms in total. The number of aromatic nitrogens is 5. The van der Waals surface area contributed by atoms with E-state index >= 15 is 0 Å². The largest absolute Gasteiger partial charge is 0.311 e. The highest BCUT2D eigenvalue weighted by molar-refractivity contribution is 5.94. The summed E-state index contributed by atoms with van der Waals surface area (Å²) in [5.41, 5.74) is 4.92. The van der Waals surface area contributed by atoms with Crippen molar-refractivity contribution in [3.05, 3.63) is 41.0 Å². The zero-order chi connectivity index (χ0) is 18.5. The molecular weight excluding hydrogens is 340 g/mol. The number of hydrogen-bond acceptors (Lipinski definition) is 4. The van der Waals surface area contributed by atoms with Crippen LogP contribution in [0, 0.1) is 13.8 Å². The molecular formula is C20H24N6O. The quantitative estimate of drug-likeness (QED) is 0.755. The maximum atomic E-state index is 12.5. The van der Waals surface area contributed by atoms with E-state index in [1.54, 1.807) is 0 Å². The summed E-state index contributed by atoms with van der Waals surface area (Å²) in [5, 5.41) is 12.3. The monoisotopic (exact) mass is 364 g/mol. The highest BCUT2D eigenvalue weighted by Crippen LogP contribution is 2.41. The number of anilines is 1. The van der Waals surface area contributed by atoms with Crippen LogP contribution in [0.2, 0.25) is 0 Å². The molecule has 0 saturated heterocycles. The molecule has 0 bridgehead atoms. The SMILES string of the molecule is Cc1cc(C)n2ncc([C@H]3CC(=O)Nc4c3cnn4C3CCCCC3)c2n1. The fraction of sp³-hybridized carbons (Fsp3) is 0.500. The predicted octanol–water partition coefficient (Wildman–Crippen LogP) is 3.52. The Morgan fingerprint density at radius 2 is 1.85 bits per heavy atom. The van der Waals surface area contributed by atoms with Gasteiger partial charge in [-0.25, -0.2) is 14.2 Å². The summed E-state index contributed by atoms with van der Waals surface area (Å²) in [7, 11) is 0. The van der Waals surface area contributed by atoms with E-state index in [2.05, 4.69) is 15.5 Å². The molecule has 3 aromatic rings.